The summed E-state index contributed by atoms with van der Waals surface area (Å²) in [5.41, 5.74) is 6.20. The van der Waals surface area contributed by atoms with E-state index in [4.69, 9.17) is 15.2 Å². The first-order chi connectivity index (χ1) is 10.6. The monoisotopic (exact) mass is 342 g/mol. The van der Waals surface area contributed by atoms with E-state index in [-0.39, 0.29) is 30.5 Å². The van der Waals surface area contributed by atoms with Crippen LogP contribution in [-0.2, 0) is 0 Å². The van der Waals surface area contributed by atoms with Crippen molar-refractivity contribution in [1.82, 2.24) is 4.90 Å². The summed E-state index contributed by atoms with van der Waals surface area (Å²) >= 11 is 0. The van der Waals surface area contributed by atoms with Gasteiger partial charge in [0.15, 0.2) is 11.5 Å². The van der Waals surface area contributed by atoms with Gasteiger partial charge in [-0.1, -0.05) is 0 Å². The molecule has 0 aliphatic heterocycles. The van der Waals surface area contributed by atoms with E-state index in [1.807, 2.05) is 13.0 Å². The smallest absolute Gasteiger partial charge is 0.254 e. The molecule has 1 unspecified atom stereocenters. The number of rotatable bonds is 6. The van der Waals surface area contributed by atoms with Gasteiger partial charge in [0.25, 0.3) is 5.91 Å². The van der Waals surface area contributed by atoms with Crippen LogP contribution in [0.4, 0.5) is 0 Å². The number of halogens is 1. The third-order valence-electron chi connectivity index (χ3n) is 4.33. The van der Waals surface area contributed by atoms with Gasteiger partial charge in [0.1, 0.15) is 0 Å². The summed E-state index contributed by atoms with van der Waals surface area (Å²) < 4.78 is 11.4. The number of hydrogen-bond donors (Lipinski definition) is 1. The minimum absolute atomic E-state index is 0. The molecule has 1 aromatic rings. The first kappa shape index (κ1) is 19.6. The van der Waals surface area contributed by atoms with Crippen molar-refractivity contribution in [1.29, 1.82) is 0 Å². The molecule has 1 aromatic carbocycles. The van der Waals surface area contributed by atoms with Crippen molar-refractivity contribution in [3.8, 4) is 11.5 Å². The molecule has 1 amide bonds. The maximum Gasteiger partial charge on any atom is 0.254 e. The summed E-state index contributed by atoms with van der Waals surface area (Å²) in [6.45, 7) is 2.36. The summed E-state index contributed by atoms with van der Waals surface area (Å²) in [6, 6.07) is 5.35. The number of ether oxygens (including phenoxy) is 2. The second kappa shape index (κ2) is 8.99. The Kier molecular flexibility index (Phi) is 7.65. The molecule has 0 spiro atoms. The molecule has 0 heterocycles. The molecule has 6 heteroatoms. The molecular weight excluding hydrogens is 316 g/mol. The molecule has 1 fully saturated rings. The Morgan fingerprint density at radius 2 is 2.00 bits per heavy atom. The van der Waals surface area contributed by atoms with Crippen LogP contribution in [0.5, 0.6) is 11.5 Å². The molecule has 1 atom stereocenters. The molecule has 0 saturated heterocycles. The van der Waals surface area contributed by atoms with E-state index >= 15 is 0 Å². The van der Waals surface area contributed by atoms with Crippen LogP contribution in [0, 0.1) is 0 Å². The standard InChI is InChI=1S/C17H26N2O3.ClH/c1-12(11-18)19(2)17(20)13-8-9-15(16(10-13)21-3)22-14-6-4-5-7-14;/h8-10,12,14H,4-7,11,18H2,1-3H3;1H. The summed E-state index contributed by atoms with van der Waals surface area (Å²) in [5, 5.41) is 0. The van der Waals surface area contributed by atoms with Gasteiger partial charge in [-0.25, -0.2) is 0 Å². The van der Waals surface area contributed by atoms with Crippen LogP contribution in [0.25, 0.3) is 0 Å². The van der Waals surface area contributed by atoms with Crippen molar-refractivity contribution < 1.29 is 14.3 Å². The zero-order chi connectivity index (χ0) is 16.1. The summed E-state index contributed by atoms with van der Waals surface area (Å²) in [7, 11) is 3.35. The second-order valence-electron chi connectivity index (χ2n) is 5.89. The average Bonchev–Trinajstić information content (AvgIpc) is 3.06. The third-order valence-corrected chi connectivity index (χ3v) is 4.33. The predicted octanol–water partition coefficient (Wildman–Crippen LogP) is 2.86. The number of hydrogen-bond acceptors (Lipinski definition) is 4. The molecule has 1 saturated carbocycles. The largest absolute Gasteiger partial charge is 0.493 e. The molecule has 0 bridgehead atoms. The van der Waals surface area contributed by atoms with Crippen molar-refractivity contribution in [3.63, 3.8) is 0 Å². The lowest BCUT2D eigenvalue weighted by atomic mass is 10.1. The fourth-order valence-electron chi connectivity index (χ4n) is 2.65. The van der Waals surface area contributed by atoms with E-state index in [1.165, 1.54) is 12.8 Å². The maximum absolute atomic E-state index is 12.4. The number of amides is 1. The van der Waals surface area contributed by atoms with E-state index in [2.05, 4.69) is 0 Å². The van der Waals surface area contributed by atoms with Crippen LogP contribution < -0.4 is 15.2 Å². The Balaban J connectivity index is 0.00000264. The number of carbonyl (C=O) groups excluding carboxylic acids is 1. The van der Waals surface area contributed by atoms with Crippen LogP contribution in [0.3, 0.4) is 0 Å². The third kappa shape index (κ3) is 4.75. The molecule has 5 nitrogen and oxygen atoms in total. The minimum atomic E-state index is -0.0660. The molecule has 2 rings (SSSR count). The Bertz CT molecular complexity index is 519. The van der Waals surface area contributed by atoms with Gasteiger partial charge in [0, 0.05) is 25.2 Å². The Hall–Kier alpha value is -1.46. The molecule has 23 heavy (non-hydrogen) atoms. The highest BCUT2D eigenvalue weighted by atomic mass is 35.5. The highest BCUT2D eigenvalue weighted by molar-refractivity contribution is 5.95. The number of carbonyl (C=O) groups is 1. The highest BCUT2D eigenvalue weighted by Gasteiger charge is 2.21. The van der Waals surface area contributed by atoms with Gasteiger partial charge in [-0.2, -0.15) is 0 Å². The van der Waals surface area contributed by atoms with Crippen LogP contribution in [0.2, 0.25) is 0 Å². The zero-order valence-corrected chi connectivity index (χ0v) is 14.9. The van der Waals surface area contributed by atoms with Crippen molar-refractivity contribution in [2.75, 3.05) is 20.7 Å². The topological polar surface area (TPSA) is 64.8 Å². The van der Waals surface area contributed by atoms with Gasteiger partial charge in [0.05, 0.1) is 13.2 Å². The van der Waals surface area contributed by atoms with Gasteiger partial charge in [-0.05, 0) is 50.8 Å². The molecule has 1 aliphatic carbocycles. The normalized spacial score (nSPS) is 15.7. The summed E-state index contributed by atoms with van der Waals surface area (Å²) in [6.07, 6.45) is 4.85. The van der Waals surface area contributed by atoms with Crippen LogP contribution in [-0.4, -0.2) is 43.7 Å². The summed E-state index contributed by atoms with van der Waals surface area (Å²) in [4.78, 5) is 14.1. The van der Waals surface area contributed by atoms with Gasteiger partial charge >= 0.3 is 0 Å². The van der Waals surface area contributed by atoms with Gasteiger partial charge < -0.3 is 20.1 Å². The molecule has 130 valence electrons. The van der Waals surface area contributed by atoms with Crippen molar-refractivity contribution in [2.45, 2.75) is 44.8 Å². The quantitative estimate of drug-likeness (QED) is 0.863. The van der Waals surface area contributed by atoms with E-state index < -0.39 is 0 Å². The van der Waals surface area contributed by atoms with E-state index in [0.29, 0.717) is 23.6 Å². The number of nitrogens with zero attached hydrogens (tertiary/aromatic N) is 1. The SMILES string of the molecule is COc1cc(C(=O)N(C)C(C)CN)ccc1OC1CCCC1.Cl. The Labute approximate surface area is 144 Å². The predicted molar refractivity (Wildman–Crippen MR) is 93.7 cm³/mol. The maximum atomic E-state index is 12.4. The average molecular weight is 343 g/mol. The van der Waals surface area contributed by atoms with Crippen LogP contribution >= 0.6 is 12.4 Å². The van der Waals surface area contributed by atoms with Crippen LogP contribution in [0.1, 0.15) is 43.0 Å². The molecule has 1 aliphatic rings. The lowest BCUT2D eigenvalue weighted by Crippen LogP contribution is -2.39. The first-order valence-electron chi connectivity index (χ1n) is 7.88. The number of likely N-dealkylation sites (N-methyl/N-ethyl adjacent to an activating group) is 1. The zero-order valence-electron chi connectivity index (χ0n) is 14.1. The lowest BCUT2D eigenvalue weighted by Gasteiger charge is -2.24. The number of benzene rings is 1. The molecule has 2 N–H and O–H groups in total. The van der Waals surface area contributed by atoms with Crippen molar-refractivity contribution >= 4 is 18.3 Å². The van der Waals surface area contributed by atoms with Crippen LogP contribution in [0.15, 0.2) is 18.2 Å². The van der Waals surface area contributed by atoms with Crippen molar-refractivity contribution in [2.24, 2.45) is 5.73 Å². The molecular formula is C17H27ClN2O3. The van der Waals surface area contributed by atoms with Gasteiger partial charge in [-0.3, -0.25) is 4.79 Å². The fraction of sp³-hybridized carbons (Fsp3) is 0.588. The molecule has 0 radical (unpaired) electrons. The fourth-order valence-corrected chi connectivity index (χ4v) is 2.65. The first-order valence-corrected chi connectivity index (χ1v) is 7.88. The van der Waals surface area contributed by atoms with E-state index in [0.717, 1.165) is 12.8 Å². The summed E-state index contributed by atoms with van der Waals surface area (Å²) in [5.74, 6) is 1.25. The number of nitrogens with two attached hydrogens (primary N) is 1. The Morgan fingerprint density at radius 1 is 1.35 bits per heavy atom. The second-order valence-corrected chi connectivity index (χ2v) is 5.89. The Morgan fingerprint density at radius 3 is 2.57 bits per heavy atom. The van der Waals surface area contributed by atoms with E-state index in [1.54, 1.807) is 31.2 Å². The van der Waals surface area contributed by atoms with Gasteiger partial charge in [0.2, 0.25) is 0 Å². The highest BCUT2D eigenvalue weighted by Crippen LogP contribution is 2.32. The number of methoxy groups -OCH3 is 1. The van der Waals surface area contributed by atoms with E-state index in [9.17, 15) is 4.79 Å². The molecule has 0 aromatic heterocycles. The van der Waals surface area contributed by atoms with Gasteiger partial charge in [-0.15, -0.1) is 12.4 Å². The lowest BCUT2D eigenvalue weighted by molar-refractivity contribution is 0.0748. The minimum Gasteiger partial charge on any atom is -0.493 e. The van der Waals surface area contributed by atoms with Crippen molar-refractivity contribution in [3.05, 3.63) is 23.8 Å².